The molecule has 0 saturated carbocycles. The van der Waals surface area contributed by atoms with Crippen LogP contribution >= 0.6 is 0 Å². The Bertz CT molecular complexity index is 449. The molecular weight excluding hydrogens is 228 g/mol. The molecule has 0 aliphatic carbocycles. The summed E-state index contributed by atoms with van der Waals surface area (Å²) in [5.74, 6) is 0.755. The third-order valence-corrected chi connectivity index (χ3v) is 2.73. The van der Waals surface area contributed by atoms with Crippen LogP contribution in [0.2, 0.25) is 0 Å². The van der Waals surface area contributed by atoms with Crippen molar-refractivity contribution in [2.24, 2.45) is 0 Å². The van der Waals surface area contributed by atoms with Crippen molar-refractivity contribution >= 4 is 10.1 Å². The number of hydrogen-bond acceptors (Lipinski definition) is 3. The lowest BCUT2D eigenvalue weighted by molar-refractivity contribution is 0.295. The average Bonchev–Trinajstić information content (AvgIpc) is 2.17. The Morgan fingerprint density at radius 1 is 1.38 bits per heavy atom. The molecule has 1 rings (SSSR count). The second kappa shape index (κ2) is 6.30. The van der Waals surface area contributed by atoms with E-state index < -0.39 is 10.1 Å². The molecule has 0 aromatic heterocycles. The first-order valence-corrected chi connectivity index (χ1v) is 5.95. The fourth-order valence-corrected chi connectivity index (χ4v) is 1.57. The van der Waals surface area contributed by atoms with Gasteiger partial charge in [-0.25, -0.2) is 0 Å². The van der Waals surface area contributed by atoms with Gasteiger partial charge in [-0.3, -0.25) is 4.55 Å². The molecule has 0 aliphatic heterocycles. The first-order chi connectivity index (χ1) is 7.29. The summed E-state index contributed by atoms with van der Waals surface area (Å²) in [4.78, 5) is -0.0278. The van der Waals surface area contributed by atoms with Crippen LogP contribution < -0.4 is 0 Å². The van der Waals surface area contributed by atoms with Crippen LogP contribution in [0.4, 0.5) is 0 Å². The van der Waals surface area contributed by atoms with E-state index in [1.807, 2.05) is 0 Å². The lowest BCUT2D eigenvalue weighted by Crippen LogP contribution is -1.99. The first kappa shape index (κ1) is 14.7. The fourth-order valence-electron chi connectivity index (χ4n) is 0.846. The van der Waals surface area contributed by atoms with Crippen molar-refractivity contribution in [3.8, 4) is 0 Å². The molecule has 1 aromatic rings. The summed E-state index contributed by atoms with van der Waals surface area (Å²) < 4.78 is 34.4. The van der Waals surface area contributed by atoms with Crippen molar-refractivity contribution in [1.29, 1.82) is 0 Å². The molecule has 0 heterocycles. The summed E-state index contributed by atoms with van der Waals surface area (Å²) in [7, 11) is -2.43. The molecule has 0 spiro atoms. The molecule has 4 nitrogen and oxygen atoms in total. The van der Waals surface area contributed by atoms with Gasteiger partial charge in [0.25, 0.3) is 10.1 Å². The number of methoxy groups -OCH3 is 1. The first-order valence-electron chi connectivity index (χ1n) is 4.51. The smallest absolute Gasteiger partial charge is 0.294 e. The number of rotatable bonds is 2. The van der Waals surface area contributed by atoms with Gasteiger partial charge < -0.3 is 4.74 Å². The summed E-state index contributed by atoms with van der Waals surface area (Å²) >= 11 is 0. The Labute approximate surface area is 96.3 Å². The second-order valence-corrected chi connectivity index (χ2v) is 4.54. The highest BCUT2D eigenvalue weighted by molar-refractivity contribution is 7.85. The Morgan fingerprint density at radius 3 is 2.06 bits per heavy atom. The summed E-state index contributed by atoms with van der Waals surface area (Å²) in [6.45, 7) is 6.89. The van der Waals surface area contributed by atoms with Gasteiger partial charge in [-0.2, -0.15) is 8.42 Å². The molecule has 0 unspecified atom stereocenters. The minimum atomic E-state index is -4.03. The summed E-state index contributed by atoms with van der Waals surface area (Å²) in [5, 5.41) is 0. The van der Waals surface area contributed by atoms with Gasteiger partial charge in [0.05, 0.1) is 17.8 Å². The van der Waals surface area contributed by atoms with Crippen LogP contribution in [-0.2, 0) is 14.9 Å². The maximum Gasteiger partial charge on any atom is 0.294 e. The predicted molar refractivity (Wildman–Crippen MR) is 62.8 cm³/mol. The topological polar surface area (TPSA) is 63.6 Å². The number of hydrogen-bond donors (Lipinski definition) is 1. The van der Waals surface area contributed by atoms with Gasteiger partial charge in [0.2, 0.25) is 0 Å². The molecule has 1 aromatic carbocycles. The molecule has 0 radical (unpaired) electrons. The highest BCUT2D eigenvalue weighted by Gasteiger charge is 2.10. The lowest BCUT2D eigenvalue weighted by Gasteiger charge is -1.99. The highest BCUT2D eigenvalue weighted by Crippen LogP contribution is 2.12. The summed E-state index contributed by atoms with van der Waals surface area (Å²) in [5.41, 5.74) is 0.551. The van der Waals surface area contributed by atoms with Gasteiger partial charge in [-0.1, -0.05) is 24.8 Å². The zero-order valence-corrected chi connectivity index (χ0v) is 10.4. The average molecular weight is 244 g/mol. The summed E-state index contributed by atoms with van der Waals surface area (Å²) in [6, 6.07) is 6.27. The maximum absolute atomic E-state index is 10.6. The number of benzene rings is 1. The zero-order valence-electron chi connectivity index (χ0n) is 9.60. The standard InChI is InChI=1S/C7H8O3S.C4H8O/c1-6-4-2-3-5-7(6)11(8,9)10;1-4(2)5-3/h2-5H,1H3,(H,8,9,10);1H2,2-3H3. The minimum Gasteiger partial charge on any atom is -0.502 e. The molecule has 5 heteroatoms. The Kier molecular flexibility index (Phi) is 5.77. The van der Waals surface area contributed by atoms with Crippen molar-refractivity contribution in [2.75, 3.05) is 7.11 Å². The zero-order chi connectivity index (χ0) is 12.8. The molecule has 0 bridgehead atoms. The van der Waals surface area contributed by atoms with E-state index in [-0.39, 0.29) is 4.90 Å². The van der Waals surface area contributed by atoms with E-state index in [1.165, 1.54) is 6.07 Å². The van der Waals surface area contributed by atoms with E-state index in [1.54, 1.807) is 39.2 Å². The Balaban J connectivity index is 0.000000385. The molecule has 90 valence electrons. The highest BCUT2D eigenvalue weighted by atomic mass is 32.2. The van der Waals surface area contributed by atoms with Gasteiger partial charge in [-0.05, 0) is 25.5 Å². The van der Waals surface area contributed by atoms with Crippen LogP contribution in [0.1, 0.15) is 12.5 Å². The van der Waals surface area contributed by atoms with Gasteiger partial charge in [0, 0.05) is 0 Å². The maximum atomic E-state index is 10.6. The number of aryl methyl sites for hydroxylation is 1. The van der Waals surface area contributed by atoms with E-state index in [9.17, 15) is 8.42 Å². The molecule has 0 amide bonds. The molecule has 1 N–H and O–H groups in total. The van der Waals surface area contributed by atoms with Crippen molar-refractivity contribution < 1.29 is 17.7 Å². The lowest BCUT2D eigenvalue weighted by atomic mass is 10.2. The van der Waals surface area contributed by atoms with Crippen molar-refractivity contribution in [1.82, 2.24) is 0 Å². The van der Waals surface area contributed by atoms with Gasteiger partial charge in [-0.15, -0.1) is 0 Å². The van der Waals surface area contributed by atoms with Crippen molar-refractivity contribution in [3.63, 3.8) is 0 Å². The molecule has 0 saturated heterocycles. The second-order valence-electron chi connectivity index (χ2n) is 3.15. The predicted octanol–water partition coefficient (Wildman–Crippen LogP) is 2.41. The monoisotopic (exact) mass is 244 g/mol. The van der Waals surface area contributed by atoms with Gasteiger partial charge in [0.1, 0.15) is 0 Å². The quantitative estimate of drug-likeness (QED) is 0.641. The van der Waals surface area contributed by atoms with Crippen LogP contribution in [-0.4, -0.2) is 20.1 Å². The van der Waals surface area contributed by atoms with E-state index in [4.69, 9.17) is 4.55 Å². The number of ether oxygens (including phenoxy) is 1. The van der Waals surface area contributed by atoms with Gasteiger partial charge >= 0.3 is 0 Å². The van der Waals surface area contributed by atoms with Crippen molar-refractivity contribution in [3.05, 3.63) is 42.2 Å². The summed E-state index contributed by atoms with van der Waals surface area (Å²) in [6.07, 6.45) is 0. The Hall–Kier alpha value is -1.33. The fraction of sp³-hybridized carbons (Fsp3) is 0.273. The van der Waals surface area contributed by atoms with Crippen LogP contribution in [0, 0.1) is 6.92 Å². The van der Waals surface area contributed by atoms with Gasteiger partial charge in [0.15, 0.2) is 0 Å². The van der Waals surface area contributed by atoms with E-state index >= 15 is 0 Å². The Morgan fingerprint density at radius 2 is 1.81 bits per heavy atom. The third-order valence-electron chi connectivity index (χ3n) is 1.72. The van der Waals surface area contributed by atoms with E-state index in [0.717, 1.165) is 5.76 Å². The van der Waals surface area contributed by atoms with E-state index in [2.05, 4.69) is 11.3 Å². The molecule has 0 fully saturated rings. The van der Waals surface area contributed by atoms with E-state index in [0.29, 0.717) is 5.56 Å². The van der Waals surface area contributed by atoms with Crippen LogP contribution in [0.15, 0.2) is 41.5 Å². The molecular formula is C11H16O4S. The molecule has 0 atom stereocenters. The molecule has 0 aliphatic rings. The third kappa shape index (κ3) is 5.53. The normalized spacial score (nSPS) is 10.0. The van der Waals surface area contributed by atoms with Crippen LogP contribution in [0.3, 0.4) is 0 Å². The van der Waals surface area contributed by atoms with Crippen LogP contribution in [0.5, 0.6) is 0 Å². The van der Waals surface area contributed by atoms with Crippen LogP contribution in [0.25, 0.3) is 0 Å². The minimum absolute atomic E-state index is 0.0278. The number of allylic oxidation sites excluding steroid dienone is 1. The SMILES string of the molecule is C=C(C)OC.Cc1ccccc1S(=O)(=O)O. The largest absolute Gasteiger partial charge is 0.502 e. The van der Waals surface area contributed by atoms with Crippen molar-refractivity contribution in [2.45, 2.75) is 18.7 Å². The molecule has 16 heavy (non-hydrogen) atoms.